The molecule has 35 heavy (non-hydrogen) atoms. The molecule has 5 rings (SSSR count). The average Bonchev–Trinajstić information content (AvgIpc) is 3.51. The van der Waals surface area contributed by atoms with Crippen molar-refractivity contribution in [3.05, 3.63) is 87.3 Å². The van der Waals surface area contributed by atoms with E-state index in [0.29, 0.717) is 28.2 Å². The zero-order valence-electron chi connectivity index (χ0n) is 19.1. The molecule has 3 aromatic rings. The van der Waals surface area contributed by atoms with E-state index >= 15 is 0 Å². The summed E-state index contributed by atoms with van der Waals surface area (Å²) in [6.07, 6.45) is 3.40. The minimum Gasteiger partial charge on any atom is -0.352 e. The highest BCUT2D eigenvalue weighted by atomic mass is 32.1. The Morgan fingerprint density at radius 1 is 0.914 bits per heavy atom. The molecule has 1 aliphatic heterocycles. The van der Waals surface area contributed by atoms with Gasteiger partial charge < -0.3 is 10.6 Å². The molecule has 178 valence electrons. The van der Waals surface area contributed by atoms with Gasteiger partial charge in [0.25, 0.3) is 17.7 Å². The number of rotatable bonds is 8. The third kappa shape index (κ3) is 4.61. The van der Waals surface area contributed by atoms with Crippen molar-refractivity contribution in [2.75, 3.05) is 18.4 Å². The van der Waals surface area contributed by atoms with Crippen molar-refractivity contribution in [3.8, 4) is 0 Å². The molecule has 0 radical (unpaired) electrons. The van der Waals surface area contributed by atoms with Crippen LogP contribution in [0.3, 0.4) is 0 Å². The average molecular weight is 488 g/mol. The molecule has 1 aromatic heterocycles. The smallest absolute Gasteiger partial charge is 0.261 e. The maximum Gasteiger partial charge on any atom is 0.261 e. The first kappa shape index (κ1) is 23.0. The fraction of sp³-hybridized carbons (Fsp3) is 0.259. The van der Waals surface area contributed by atoms with Crippen LogP contribution in [0.4, 0.5) is 5.00 Å². The van der Waals surface area contributed by atoms with Crippen molar-refractivity contribution in [2.45, 2.75) is 32.1 Å². The first-order valence-corrected chi connectivity index (χ1v) is 12.6. The molecule has 0 saturated heterocycles. The van der Waals surface area contributed by atoms with Crippen molar-refractivity contribution in [1.82, 2.24) is 10.2 Å². The Labute approximate surface area is 207 Å². The molecular formula is C27H25N3O4S. The highest BCUT2D eigenvalue weighted by molar-refractivity contribution is 7.17. The van der Waals surface area contributed by atoms with Crippen LogP contribution >= 0.6 is 11.3 Å². The molecule has 0 unspecified atom stereocenters. The van der Waals surface area contributed by atoms with E-state index in [1.807, 2.05) is 30.3 Å². The molecule has 0 atom stereocenters. The summed E-state index contributed by atoms with van der Waals surface area (Å²) in [5.74, 6) is -1.28. The summed E-state index contributed by atoms with van der Waals surface area (Å²) in [7, 11) is 0. The van der Waals surface area contributed by atoms with E-state index in [1.54, 1.807) is 24.3 Å². The van der Waals surface area contributed by atoms with Crippen LogP contribution in [0.15, 0.2) is 54.6 Å². The van der Waals surface area contributed by atoms with Crippen LogP contribution in [0.1, 0.15) is 59.9 Å². The van der Waals surface area contributed by atoms with Gasteiger partial charge in [-0.1, -0.05) is 42.5 Å². The molecule has 0 fully saturated rings. The summed E-state index contributed by atoms with van der Waals surface area (Å²) in [5, 5.41) is 6.41. The first-order chi connectivity index (χ1) is 17.0. The molecule has 0 spiro atoms. The van der Waals surface area contributed by atoms with Crippen LogP contribution < -0.4 is 10.6 Å². The Bertz CT molecular complexity index is 1280. The summed E-state index contributed by atoms with van der Waals surface area (Å²) < 4.78 is 0. The Hall–Kier alpha value is -3.78. The number of hydrogen-bond donors (Lipinski definition) is 2. The number of anilines is 1. The second kappa shape index (κ2) is 9.84. The van der Waals surface area contributed by atoms with E-state index in [9.17, 15) is 19.2 Å². The van der Waals surface area contributed by atoms with Gasteiger partial charge in [0.2, 0.25) is 5.91 Å². The van der Waals surface area contributed by atoms with Crippen molar-refractivity contribution in [2.24, 2.45) is 0 Å². The predicted molar refractivity (Wildman–Crippen MR) is 134 cm³/mol. The van der Waals surface area contributed by atoms with Crippen molar-refractivity contribution < 1.29 is 19.2 Å². The van der Waals surface area contributed by atoms with Crippen LogP contribution in [0.2, 0.25) is 0 Å². The molecule has 8 heteroatoms. The lowest BCUT2D eigenvalue weighted by Crippen LogP contribution is -2.33. The summed E-state index contributed by atoms with van der Waals surface area (Å²) in [6.45, 7) is 0.489. The summed E-state index contributed by atoms with van der Waals surface area (Å²) in [5.41, 5.74) is 3.43. The standard InChI is InChI=1S/C27H25N3O4S/c31-22(14-16-30-26(33)18-9-4-5-10-19(18)27(30)34)29-25-23(20-11-6-12-21(20)35-25)24(32)28-15-13-17-7-2-1-3-8-17/h1-5,7-10H,6,11-16H2,(H,28,32)(H,29,31). The molecule has 2 N–H and O–H groups in total. The fourth-order valence-electron chi connectivity index (χ4n) is 4.63. The van der Waals surface area contributed by atoms with Crippen LogP contribution in [0, 0.1) is 0 Å². The number of amides is 4. The largest absolute Gasteiger partial charge is 0.352 e. The second-order valence-electron chi connectivity index (χ2n) is 8.66. The van der Waals surface area contributed by atoms with E-state index in [0.717, 1.165) is 46.6 Å². The lowest BCUT2D eigenvalue weighted by Gasteiger charge is -2.14. The van der Waals surface area contributed by atoms with E-state index in [2.05, 4.69) is 10.6 Å². The number of thiophene rings is 1. The maximum absolute atomic E-state index is 13.1. The summed E-state index contributed by atoms with van der Waals surface area (Å²) in [4.78, 5) is 53.2. The number of fused-ring (bicyclic) bond motifs is 2. The van der Waals surface area contributed by atoms with E-state index in [-0.39, 0.29) is 36.6 Å². The normalized spacial score (nSPS) is 14.1. The minimum atomic E-state index is -0.382. The SMILES string of the molecule is O=C(CCN1C(=O)c2ccccc2C1=O)Nc1sc2c(c1C(=O)NCCc1ccccc1)CCC2. The maximum atomic E-state index is 13.1. The Morgan fingerprint density at radius 2 is 1.60 bits per heavy atom. The molecular weight excluding hydrogens is 462 g/mol. The first-order valence-electron chi connectivity index (χ1n) is 11.7. The van der Waals surface area contributed by atoms with Crippen molar-refractivity contribution >= 4 is 40.0 Å². The molecule has 2 heterocycles. The van der Waals surface area contributed by atoms with Gasteiger partial charge in [0.05, 0.1) is 16.7 Å². The van der Waals surface area contributed by atoms with Gasteiger partial charge in [-0.2, -0.15) is 0 Å². The third-order valence-corrected chi connectivity index (χ3v) is 7.59. The lowest BCUT2D eigenvalue weighted by molar-refractivity contribution is -0.116. The predicted octanol–water partition coefficient (Wildman–Crippen LogP) is 3.83. The van der Waals surface area contributed by atoms with Crippen LogP contribution in [-0.4, -0.2) is 41.6 Å². The monoisotopic (exact) mass is 487 g/mol. The van der Waals surface area contributed by atoms with Gasteiger partial charge >= 0.3 is 0 Å². The van der Waals surface area contributed by atoms with Crippen LogP contribution in [-0.2, 0) is 24.1 Å². The molecule has 0 bridgehead atoms. The summed E-state index contributed by atoms with van der Waals surface area (Å²) in [6, 6.07) is 16.6. The van der Waals surface area contributed by atoms with E-state index in [4.69, 9.17) is 0 Å². The molecule has 4 amide bonds. The second-order valence-corrected chi connectivity index (χ2v) is 9.76. The molecule has 2 aliphatic rings. The quantitative estimate of drug-likeness (QED) is 0.472. The fourth-order valence-corrected chi connectivity index (χ4v) is 5.93. The van der Waals surface area contributed by atoms with Gasteiger partial charge in [0.1, 0.15) is 5.00 Å². The number of imide groups is 1. The van der Waals surface area contributed by atoms with E-state index in [1.165, 1.54) is 11.3 Å². The van der Waals surface area contributed by atoms with Crippen molar-refractivity contribution in [1.29, 1.82) is 0 Å². The highest BCUT2D eigenvalue weighted by Crippen LogP contribution is 2.39. The number of carbonyl (C=O) groups excluding carboxylic acids is 4. The topological polar surface area (TPSA) is 95.6 Å². The van der Waals surface area contributed by atoms with E-state index < -0.39 is 0 Å². The number of nitrogens with zero attached hydrogens (tertiary/aromatic N) is 1. The third-order valence-electron chi connectivity index (χ3n) is 6.38. The van der Waals surface area contributed by atoms with Crippen LogP contribution in [0.5, 0.6) is 0 Å². The highest BCUT2D eigenvalue weighted by Gasteiger charge is 2.35. The zero-order valence-corrected chi connectivity index (χ0v) is 20.0. The van der Waals surface area contributed by atoms with Gasteiger partial charge in [0.15, 0.2) is 0 Å². The number of carbonyl (C=O) groups is 4. The Balaban J connectivity index is 1.22. The number of aryl methyl sites for hydroxylation is 1. The minimum absolute atomic E-state index is 0.0120. The van der Waals surface area contributed by atoms with Gasteiger partial charge in [0, 0.05) is 24.4 Å². The Morgan fingerprint density at radius 3 is 2.31 bits per heavy atom. The number of benzene rings is 2. The van der Waals surface area contributed by atoms with Gasteiger partial charge in [-0.3, -0.25) is 24.1 Å². The molecule has 0 saturated carbocycles. The lowest BCUT2D eigenvalue weighted by atomic mass is 10.1. The molecule has 2 aromatic carbocycles. The number of nitrogens with one attached hydrogen (secondary N) is 2. The molecule has 7 nitrogen and oxygen atoms in total. The summed E-state index contributed by atoms with van der Waals surface area (Å²) >= 11 is 1.44. The van der Waals surface area contributed by atoms with Gasteiger partial charge in [-0.25, -0.2) is 0 Å². The van der Waals surface area contributed by atoms with Crippen molar-refractivity contribution in [3.63, 3.8) is 0 Å². The number of hydrogen-bond acceptors (Lipinski definition) is 5. The van der Waals surface area contributed by atoms with Gasteiger partial charge in [-0.15, -0.1) is 11.3 Å². The van der Waals surface area contributed by atoms with Crippen LogP contribution in [0.25, 0.3) is 0 Å². The molecule has 1 aliphatic carbocycles. The Kier molecular flexibility index (Phi) is 6.46. The zero-order chi connectivity index (χ0) is 24.4. The van der Waals surface area contributed by atoms with Gasteiger partial charge in [-0.05, 0) is 48.9 Å².